The molecule has 2 atom stereocenters. The summed E-state index contributed by atoms with van der Waals surface area (Å²) in [6.07, 6.45) is 3.14. The standard InChI is InChI=1S/C7H8O.C6H10O2.2C2H6/c1-6-2-4-7(8)5-3-6;1-3-7-6-2-4-8-5(1)6;2*1-2/h2-5,8H,1H3;5-6H,1-4H2;2*1-2H3. The number of rotatable bonds is 0. The molecule has 2 aliphatic rings. The third-order valence-corrected chi connectivity index (χ3v) is 2.92. The second-order valence-corrected chi connectivity index (χ2v) is 4.23. The molecule has 2 fully saturated rings. The first-order valence-corrected chi connectivity index (χ1v) is 7.74. The fraction of sp³-hybridized carbons (Fsp3) is 0.647. The van der Waals surface area contributed by atoms with Gasteiger partial charge in [-0.15, -0.1) is 0 Å². The molecular formula is C17H30O3. The normalized spacial score (nSPS) is 22.2. The van der Waals surface area contributed by atoms with Gasteiger partial charge in [0.25, 0.3) is 0 Å². The molecule has 20 heavy (non-hydrogen) atoms. The molecule has 1 aromatic rings. The summed E-state index contributed by atoms with van der Waals surface area (Å²) >= 11 is 0. The molecule has 2 aliphatic heterocycles. The molecule has 116 valence electrons. The fourth-order valence-corrected chi connectivity index (χ4v) is 1.97. The van der Waals surface area contributed by atoms with Crippen molar-refractivity contribution >= 4 is 0 Å². The summed E-state index contributed by atoms with van der Waals surface area (Å²) in [7, 11) is 0. The minimum atomic E-state index is 0.329. The van der Waals surface area contributed by atoms with Crippen LogP contribution in [-0.4, -0.2) is 30.5 Å². The van der Waals surface area contributed by atoms with Crippen LogP contribution in [0.15, 0.2) is 24.3 Å². The van der Waals surface area contributed by atoms with Gasteiger partial charge in [-0.2, -0.15) is 0 Å². The van der Waals surface area contributed by atoms with Crippen molar-refractivity contribution in [1.82, 2.24) is 0 Å². The van der Waals surface area contributed by atoms with Gasteiger partial charge in [-0.05, 0) is 31.9 Å². The topological polar surface area (TPSA) is 38.7 Å². The van der Waals surface area contributed by atoms with Crippen LogP contribution in [0.3, 0.4) is 0 Å². The smallest absolute Gasteiger partial charge is 0.115 e. The monoisotopic (exact) mass is 282 g/mol. The molecule has 0 amide bonds. The Hall–Kier alpha value is -1.06. The summed E-state index contributed by atoms with van der Waals surface area (Å²) in [4.78, 5) is 0. The van der Waals surface area contributed by atoms with E-state index in [1.54, 1.807) is 12.1 Å². The molecule has 1 N–H and O–H groups in total. The fourth-order valence-electron chi connectivity index (χ4n) is 1.97. The Labute approximate surface area is 123 Å². The van der Waals surface area contributed by atoms with E-state index in [0.717, 1.165) is 26.1 Å². The van der Waals surface area contributed by atoms with Crippen LogP contribution in [0.4, 0.5) is 0 Å². The molecule has 0 saturated carbocycles. The molecule has 0 spiro atoms. The van der Waals surface area contributed by atoms with Gasteiger partial charge in [0.1, 0.15) is 5.75 Å². The Morgan fingerprint density at radius 3 is 1.60 bits per heavy atom. The molecule has 2 heterocycles. The van der Waals surface area contributed by atoms with E-state index in [0.29, 0.717) is 18.0 Å². The Bertz CT molecular complexity index is 281. The van der Waals surface area contributed by atoms with E-state index in [9.17, 15) is 0 Å². The highest BCUT2D eigenvalue weighted by Gasteiger charge is 2.33. The van der Waals surface area contributed by atoms with Crippen molar-refractivity contribution in [3.05, 3.63) is 29.8 Å². The largest absolute Gasteiger partial charge is 0.508 e. The van der Waals surface area contributed by atoms with Gasteiger partial charge in [0.05, 0.1) is 12.2 Å². The van der Waals surface area contributed by atoms with E-state index in [2.05, 4.69) is 0 Å². The number of aryl methyl sites for hydroxylation is 1. The minimum absolute atomic E-state index is 0.329. The summed E-state index contributed by atoms with van der Waals surface area (Å²) in [6, 6.07) is 7.09. The molecule has 3 heteroatoms. The molecule has 0 bridgehead atoms. The second-order valence-electron chi connectivity index (χ2n) is 4.23. The van der Waals surface area contributed by atoms with Gasteiger partial charge in [0.2, 0.25) is 0 Å². The molecule has 3 rings (SSSR count). The van der Waals surface area contributed by atoms with E-state index >= 15 is 0 Å². The number of phenols is 1. The van der Waals surface area contributed by atoms with Crippen LogP contribution in [0, 0.1) is 6.92 Å². The van der Waals surface area contributed by atoms with Gasteiger partial charge in [-0.1, -0.05) is 45.4 Å². The maximum absolute atomic E-state index is 8.76. The number of aromatic hydroxyl groups is 1. The van der Waals surface area contributed by atoms with E-state index in [4.69, 9.17) is 14.6 Å². The zero-order valence-corrected chi connectivity index (χ0v) is 13.6. The van der Waals surface area contributed by atoms with E-state index in [1.165, 1.54) is 5.56 Å². The van der Waals surface area contributed by atoms with E-state index < -0.39 is 0 Å². The Kier molecular flexibility index (Phi) is 11.1. The molecule has 0 aromatic heterocycles. The van der Waals surface area contributed by atoms with Crippen molar-refractivity contribution in [1.29, 1.82) is 0 Å². The van der Waals surface area contributed by atoms with Crippen LogP contribution in [0.1, 0.15) is 46.1 Å². The number of hydrogen-bond acceptors (Lipinski definition) is 3. The summed E-state index contributed by atoms with van der Waals surface area (Å²) in [6.45, 7) is 11.8. The number of hydrogen-bond donors (Lipinski definition) is 1. The molecule has 0 radical (unpaired) electrons. The van der Waals surface area contributed by atoms with Crippen molar-refractivity contribution < 1.29 is 14.6 Å². The van der Waals surface area contributed by atoms with Crippen LogP contribution >= 0.6 is 0 Å². The van der Waals surface area contributed by atoms with Crippen molar-refractivity contribution in [3.8, 4) is 5.75 Å². The summed E-state index contributed by atoms with van der Waals surface area (Å²) in [5, 5.41) is 8.76. The van der Waals surface area contributed by atoms with Crippen LogP contribution in [0.5, 0.6) is 5.75 Å². The zero-order chi connectivity index (χ0) is 15.4. The van der Waals surface area contributed by atoms with Crippen molar-refractivity contribution in [2.24, 2.45) is 0 Å². The average molecular weight is 282 g/mol. The van der Waals surface area contributed by atoms with Gasteiger partial charge in [0, 0.05) is 13.2 Å². The Balaban J connectivity index is 0.000000290. The van der Waals surface area contributed by atoms with Crippen LogP contribution in [0.25, 0.3) is 0 Å². The Morgan fingerprint density at radius 1 is 0.850 bits per heavy atom. The third-order valence-electron chi connectivity index (χ3n) is 2.92. The summed E-state index contributed by atoms with van der Waals surface area (Å²) < 4.78 is 10.7. The first-order chi connectivity index (χ1) is 9.75. The molecule has 3 nitrogen and oxygen atoms in total. The van der Waals surface area contributed by atoms with Gasteiger partial charge in [-0.3, -0.25) is 0 Å². The van der Waals surface area contributed by atoms with E-state index in [-0.39, 0.29) is 0 Å². The summed E-state index contributed by atoms with van der Waals surface area (Å²) in [5.41, 5.74) is 1.17. The van der Waals surface area contributed by atoms with Crippen LogP contribution < -0.4 is 0 Å². The second kappa shape index (κ2) is 11.7. The zero-order valence-electron chi connectivity index (χ0n) is 13.6. The number of benzene rings is 1. The lowest BCUT2D eigenvalue weighted by molar-refractivity contribution is 0.0732. The number of ether oxygens (including phenoxy) is 2. The lowest BCUT2D eigenvalue weighted by Crippen LogP contribution is -2.13. The maximum Gasteiger partial charge on any atom is 0.115 e. The van der Waals surface area contributed by atoms with Gasteiger partial charge in [-0.25, -0.2) is 0 Å². The highest BCUT2D eigenvalue weighted by molar-refractivity contribution is 5.24. The highest BCUT2D eigenvalue weighted by Crippen LogP contribution is 2.25. The van der Waals surface area contributed by atoms with Gasteiger partial charge in [0.15, 0.2) is 0 Å². The number of phenolic OH excluding ortho intramolecular Hbond substituents is 1. The highest BCUT2D eigenvalue weighted by atomic mass is 16.6. The Morgan fingerprint density at radius 2 is 1.25 bits per heavy atom. The SMILES string of the molecule is C1CC2OCCC2O1.CC.CC.Cc1ccc(O)cc1. The molecular weight excluding hydrogens is 252 g/mol. The number of fused-ring (bicyclic) bond motifs is 1. The molecule has 2 unspecified atom stereocenters. The van der Waals surface area contributed by atoms with Crippen LogP contribution in [0.2, 0.25) is 0 Å². The van der Waals surface area contributed by atoms with Gasteiger partial charge < -0.3 is 14.6 Å². The average Bonchev–Trinajstić information content (AvgIpc) is 3.11. The lowest BCUT2D eigenvalue weighted by atomic mass is 10.2. The van der Waals surface area contributed by atoms with Crippen LogP contribution in [-0.2, 0) is 9.47 Å². The predicted octanol–water partition coefficient (Wildman–Crippen LogP) is 4.32. The maximum atomic E-state index is 8.76. The first kappa shape index (κ1) is 18.9. The minimum Gasteiger partial charge on any atom is -0.508 e. The molecule has 2 saturated heterocycles. The van der Waals surface area contributed by atoms with Crippen molar-refractivity contribution in [3.63, 3.8) is 0 Å². The lowest BCUT2D eigenvalue weighted by Gasteiger charge is -2.03. The third kappa shape index (κ3) is 6.92. The molecule has 0 aliphatic carbocycles. The predicted molar refractivity (Wildman–Crippen MR) is 84.3 cm³/mol. The quantitative estimate of drug-likeness (QED) is 0.770. The van der Waals surface area contributed by atoms with Crippen molar-refractivity contribution in [2.45, 2.75) is 59.7 Å². The van der Waals surface area contributed by atoms with E-state index in [1.807, 2.05) is 46.8 Å². The van der Waals surface area contributed by atoms with Crippen molar-refractivity contribution in [2.75, 3.05) is 13.2 Å². The first-order valence-electron chi connectivity index (χ1n) is 7.74. The molecule has 1 aromatic carbocycles. The van der Waals surface area contributed by atoms with Gasteiger partial charge >= 0.3 is 0 Å². The summed E-state index contributed by atoms with van der Waals surface area (Å²) in [5.74, 6) is 0.329.